The molecule has 7 nitrogen and oxygen atoms in total. The summed E-state index contributed by atoms with van der Waals surface area (Å²) in [6.07, 6.45) is 0. The van der Waals surface area contributed by atoms with E-state index in [-0.39, 0.29) is 10.6 Å². The lowest BCUT2D eigenvalue weighted by atomic mass is 10.3. The molecule has 0 saturated heterocycles. The van der Waals surface area contributed by atoms with Gasteiger partial charge in [-0.3, -0.25) is 4.72 Å². The largest absolute Gasteiger partial charge is 0.296 e. The first kappa shape index (κ1) is 12.9. The van der Waals surface area contributed by atoms with Gasteiger partial charge >= 0.3 is 0 Å². The zero-order valence-electron chi connectivity index (χ0n) is 8.34. The van der Waals surface area contributed by atoms with Crippen molar-refractivity contribution in [3.63, 3.8) is 0 Å². The summed E-state index contributed by atoms with van der Waals surface area (Å²) >= 11 is 0. The molecular formula is C7H11N3O4S2. The van der Waals surface area contributed by atoms with E-state index in [4.69, 9.17) is 5.14 Å². The summed E-state index contributed by atoms with van der Waals surface area (Å²) < 4.78 is 48.1. The summed E-state index contributed by atoms with van der Waals surface area (Å²) in [4.78, 5) is 0.0370. The maximum atomic E-state index is 11.3. The predicted octanol–water partition coefficient (Wildman–Crippen LogP) is -0.790. The van der Waals surface area contributed by atoms with Gasteiger partial charge in [0.15, 0.2) is 0 Å². The van der Waals surface area contributed by atoms with Crippen LogP contribution in [0, 0.1) is 0 Å². The first-order valence-electron chi connectivity index (χ1n) is 4.09. The highest BCUT2D eigenvalue weighted by Gasteiger charge is 2.11. The Morgan fingerprint density at radius 2 is 1.56 bits per heavy atom. The third kappa shape index (κ3) is 3.45. The standard InChI is InChI=1S/C7H11N3O4S2/c1-9-15(11,12)7-4-2-6(3-5-7)10-16(8,13)14/h2-5,9-10H,1H3,(H2,8,13,14). The number of sulfonamides is 1. The van der Waals surface area contributed by atoms with Crippen LogP contribution in [0.25, 0.3) is 0 Å². The lowest BCUT2D eigenvalue weighted by Crippen LogP contribution is -2.22. The van der Waals surface area contributed by atoms with Crippen molar-refractivity contribution < 1.29 is 16.8 Å². The van der Waals surface area contributed by atoms with Gasteiger partial charge in [-0.1, -0.05) is 0 Å². The van der Waals surface area contributed by atoms with Crippen LogP contribution in [0.15, 0.2) is 29.2 Å². The number of nitrogens with two attached hydrogens (primary N) is 1. The van der Waals surface area contributed by atoms with E-state index in [1.807, 2.05) is 4.72 Å². The van der Waals surface area contributed by atoms with Crippen LogP contribution in [0.4, 0.5) is 5.69 Å². The average Bonchev–Trinajstić information content (AvgIpc) is 2.16. The van der Waals surface area contributed by atoms with Crippen LogP contribution in [0.1, 0.15) is 0 Å². The maximum Gasteiger partial charge on any atom is 0.296 e. The van der Waals surface area contributed by atoms with E-state index < -0.39 is 20.2 Å². The van der Waals surface area contributed by atoms with Gasteiger partial charge < -0.3 is 0 Å². The molecule has 0 aliphatic heterocycles. The second kappa shape index (κ2) is 4.37. The van der Waals surface area contributed by atoms with Gasteiger partial charge in [-0.2, -0.15) is 8.42 Å². The van der Waals surface area contributed by atoms with Gasteiger partial charge in [0.05, 0.1) is 4.90 Å². The molecule has 1 aromatic rings. The fourth-order valence-corrected chi connectivity index (χ4v) is 2.18. The molecule has 0 amide bonds. The average molecular weight is 265 g/mol. The highest BCUT2D eigenvalue weighted by atomic mass is 32.2. The van der Waals surface area contributed by atoms with Crippen molar-refractivity contribution >= 4 is 25.9 Å². The molecule has 0 radical (unpaired) electrons. The number of anilines is 1. The molecule has 1 aromatic carbocycles. The quantitative estimate of drug-likeness (QED) is 0.661. The molecule has 16 heavy (non-hydrogen) atoms. The topological polar surface area (TPSA) is 118 Å². The highest BCUT2D eigenvalue weighted by Crippen LogP contribution is 2.13. The Labute approximate surface area is 93.9 Å². The molecule has 0 saturated carbocycles. The third-order valence-corrected chi connectivity index (χ3v) is 3.64. The van der Waals surface area contributed by atoms with Crippen molar-refractivity contribution in [2.45, 2.75) is 4.90 Å². The van der Waals surface area contributed by atoms with Crippen LogP contribution in [-0.2, 0) is 20.2 Å². The Morgan fingerprint density at radius 3 is 1.94 bits per heavy atom. The number of hydrogen-bond acceptors (Lipinski definition) is 4. The van der Waals surface area contributed by atoms with Crippen molar-refractivity contribution in [2.75, 3.05) is 11.8 Å². The van der Waals surface area contributed by atoms with E-state index in [9.17, 15) is 16.8 Å². The van der Waals surface area contributed by atoms with Gasteiger partial charge in [0.1, 0.15) is 0 Å². The first-order chi connectivity index (χ1) is 7.24. The minimum atomic E-state index is -3.85. The third-order valence-electron chi connectivity index (χ3n) is 1.69. The summed E-state index contributed by atoms with van der Waals surface area (Å²) in [5, 5.41) is 4.75. The zero-order valence-corrected chi connectivity index (χ0v) is 9.97. The predicted molar refractivity (Wildman–Crippen MR) is 59.4 cm³/mol. The molecule has 0 unspecified atom stereocenters. The molecule has 0 spiro atoms. The van der Waals surface area contributed by atoms with Crippen molar-refractivity contribution in [3.05, 3.63) is 24.3 Å². The molecule has 4 N–H and O–H groups in total. The van der Waals surface area contributed by atoms with E-state index in [1.165, 1.54) is 31.3 Å². The summed E-state index contributed by atoms with van der Waals surface area (Å²) in [7, 11) is -6.08. The van der Waals surface area contributed by atoms with Crippen LogP contribution in [-0.4, -0.2) is 23.9 Å². The van der Waals surface area contributed by atoms with E-state index in [0.29, 0.717) is 0 Å². The second-order valence-electron chi connectivity index (χ2n) is 2.88. The van der Waals surface area contributed by atoms with Crippen molar-refractivity contribution in [3.8, 4) is 0 Å². The Balaban J connectivity index is 3.01. The van der Waals surface area contributed by atoms with Gasteiger partial charge in [0, 0.05) is 5.69 Å². The normalized spacial score (nSPS) is 12.4. The minimum absolute atomic E-state index is 0.0370. The van der Waals surface area contributed by atoms with Gasteiger partial charge in [-0.15, -0.1) is 0 Å². The number of rotatable bonds is 4. The Hall–Kier alpha value is -1.16. The molecule has 0 atom stereocenters. The van der Waals surface area contributed by atoms with Gasteiger partial charge in [0.25, 0.3) is 10.2 Å². The van der Waals surface area contributed by atoms with Crippen molar-refractivity contribution in [1.82, 2.24) is 4.72 Å². The summed E-state index contributed by atoms with van der Waals surface area (Å²) in [5.74, 6) is 0. The highest BCUT2D eigenvalue weighted by molar-refractivity contribution is 7.90. The molecular weight excluding hydrogens is 254 g/mol. The molecule has 0 aliphatic carbocycles. The van der Waals surface area contributed by atoms with Crippen LogP contribution in [0.2, 0.25) is 0 Å². The van der Waals surface area contributed by atoms with Crippen molar-refractivity contribution in [1.29, 1.82) is 0 Å². The lowest BCUT2D eigenvalue weighted by molar-refractivity contribution is 0.588. The second-order valence-corrected chi connectivity index (χ2v) is 6.06. The fraction of sp³-hybridized carbons (Fsp3) is 0.143. The van der Waals surface area contributed by atoms with Crippen LogP contribution < -0.4 is 14.6 Å². The van der Waals surface area contributed by atoms with Gasteiger partial charge in [-0.25, -0.2) is 18.3 Å². The van der Waals surface area contributed by atoms with Crippen LogP contribution in [0.3, 0.4) is 0 Å². The smallest absolute Gasteiger partial charge is 0.271 e. The Bertz CT molecular complexity index is 562. The van der Waals surface area contributed by atoms with Crippen LogP contribution >= 0.6 is 0 Å². The van der Waals surface area contributed by atoms with Crippen LogP contribution in [0.5, 0.6) is 0 Å². The maximum absolute atomic E-state index is 11.3. The number of benzene rings is 1. The summed E-state index contributed by atoms with van der Waals surface area (Å²) in [6, 6.07) is 5.13. The van der Waals surface area contributed by atoms with E-state index in [1.54, 1.807) is 0 Å². The van der Waals surface area contributed by atoms with Gasteiger partial charge in [-0.05, 0) is 31.3 Å². The monoisotopic (exact) mass is 265 g/mol. The lowest BCUT2D eigenvalue weighted by Gasteiger charge is -2.05. The summed E-state index contributed by atoms with van der Waals surface area (Å²) in [6.45, 7) is 0. The molecule has 90 valence electrons. The van der Waals surface area contributed by atoms with E-state index in [0.717, 1.165) is 0 Å². The number of hydrogen-bond donors (Lipinski definition) is 3. The Kier molecular flexibility index (Phi) is 3.53. The SMILES string of the molecule is CNS(=O)(=O)c1ccc(NS(N)(=O)=O)cc1. The molecule has 1 rings (SSSR count). The number of nitrogens with one attached hydrogen (secondary N) is 2. The van der Waals surface area contributed by atoms with Gasteiger partial charge in [0.2, 0.25) is 10.0 Å². The first-order valence-corrected chi connectivity index (χ1v) is 7.12. The summed E-state index contributed by atoms with van der Waals surface area (Å²) in [5.41, 5.74) is 0.192. The Morgan fingerprint density at radius 1 is 1.06 bits per heavy atom. The molecule has 0 heterocycles. The molecule has 0 fully saturated rings. The molecule has 0 aliphatic rings. The van der Waals surface area contributed by atoms with E-state index in [2.05, 4.69) is 4.72 Å². The molecule has 0 bridgehead atoms. The minimum Gasteiger partial charge on any atom is -0.271 e. The molecule has 0 aromatic heterocycles. The van der Waals surface area contributed by atoms with E-state index >= 15 is 0 Å². The molecule has 9 heteroatoms. The zero-order chi connectivity index (χ0) is 12.4. The fourth-order valence-electron chi connectivity index (χ4n) is 0.984. The van der Waals surface area contributed by atoms with Crippen molar-refractivity contribution in [2.24, 2.45) is 5.14 Å².